The molecule has 0 saturated heterocycles. The third-order valence-corrected chi connectivity index (χ3v) is 3.62. The minimum absolute atomic E-state index is 0.111. The van der Waals surface area contributed by atoms with E-state index in [4.69, 9.17) is 10.5 Å². The first-order chi connectivity index (χ1) is 8.69. The molecule has 1 aromatic carbocycles. The van der Waals surface area contributed by atoms with Crippen LogP contribution < -0.4 is 10.5 Å². The second-order valence-corrected chi connectivity index (χ2v) is 5.29. The summed E-state index contributed by atoms with van der Waals surface area (Å²) in [6.45, 7) is 4.60. The van der Waals surface area contributed by atoms with Crippen molar-refractivity contribution in [2.75, 3.05) is 0 Å². The molecule has 1 atom stereocenters. The van der Waals surface area contributed by atoms with Crippen molar-refractivity contribution in [2.24, 2.45) is 5.73 Å². The first kappa shape index (κ1) is 13.1. The number of aromatic nitrogens is 1. The highest BCUT2D eigenvalue weighted by molar-refractivity contribution is 7.09. The van der Waals surface area contributed by atoms with E-state index in [0.717, 1.165) is 28.4 Å². The van der Waals surface area contributed by atoms with E-state index in [0.29, 0.717) is 6.61 Å². The van der Waals surface area contributed by atoms with Gasteiger partial charge < -0.3 is 10.5 Å². The van der Waals surface area contributed by atoms with Crippen LogP contribution in [-0.4, -0.2) is 4.98 Å². The molecule has 96 valence electrons. The quantitative estimate of drug-likeness (QED) is 0.898. The van der Waals surface area contributed by atoms with Crippen LogP contribution in [0.4, 0.5) is 0 Å². The minimum atomic E-state index is 0.111. The summed E-state index contributed by atoms with van der Waals surface area (Å²) in [5.74, 6) is 0.854. The van der Waals surface area contributed by atoms with Gasteiger partial charge >= 0.3 is 0 Å². The van der Waals surface area contributed by atoms with Crippen LogP contribution in [0.3, 0.4) is 0 Å². The first-order valence-corrected chi connectivity index (χ1v) is 6.96. The zero-order valence-corrected chi connectivity index (χ0v) is 11.5. The van der Waals surface area contributed by atoms with Crippen molar-refractivity contribution < 1.29 is 4.74 Å². The lowest BCUT2D eigenvalue weighted by Crippen LogP contribution is -2.08. The van der Waals surface area contributed by atoms with Crippen molar-refractivity contribution in [3.05, 3.63) is 45.9 Å². The second-order valence-electron chi connectivity index (χ2n) is 4.23. The molecular weight excluding hydrogens is 244 g/mol. The van der Waals surface area contributed by atoms with E-state index in [1.165, 1.54) is 0 Å². The summed E-state index contributed by atoms with van der Waals surface area (Å²) in [7, 11) is 0. The van der Waals surface area contributed by atoms with Crippen molar-refractivity contribution in [1.29, 1.82) is 0 Å². The molecule has 0 amide bonds. The molecule has 4 heteroatoms. The van der Waals surface area contributed by atoms with Crippen LogP contribution in [0, 0.1) is 6.92 Å². The predicted molar refractivity (Wildman–Crippen MR) is 74.8 cm³/mol. The molecule has 0 aliphatic heterocycles. The molecule has 0 aliphatic rings. The number of aryl methyl sites for hydroxylation is 1. The Morgan fingerprint density at radius 2 is 2.06 bits per heavy atom. The van der Waals surface area contributed by atoms with Crippen LogP contribution in [0.1, 0.15) is 35.7 Å². The van der Waals surface area contributed by atoms with E-state index in [1.54, 1.807) is 11.3 Å². The van der Waals surface area contributed by atoms with Gasteiger partial charge in [0.05, 0.1) is 10.7 Å². The Bertz CT molecular complexity index is 493. The normalized spacial score (nSPS) is 12.4. The Balaban J connectivity index is 1.94. The molecule has 0 fully saturated rings. The number of nitrogens with zero attached hydrogens (tertiary/aromatic N) is 1. The number of thiazole rings is 1. The summed E-state index contributed by atoms with van der Waals surface area (Å²) in [4.78, 5) is 4.36. The Labute approximate surface area is 112 Å². The van der Waals surface area contributed by atoms with Crippen LogP contribution in [-0.2, 0) is 6.61 Å². The van der Waals surface area contributed by atoms with Gasteiger partial charge in [-0.2, -0.15) is 0 Å². The fraction of sp³-hybridized carbons (Fsp3) is 0.357. The van der Waals surface area contributed by atoms with Crippen molar-refractivity contribution >= 4 is 11.3 Å². The monoisotopic (exact) mass is 262 g/mol. The van der Waals surface area contributed by atoms with Gasteiger partial charge in [0.25, 0.3) is 0 Å². The average molecular weight is 262 g/mol. The minimum Gasteiger partial charge on any atom is -0.487 e. The Hall–Kier alpha value is -1.39. The van der Waals surface area contributed by atoms with Crippen LogP contribution in [0.5, 0.6) is 5.75 Å². The molecule has 0 radical (unpaired) electrons. The molecule has 0 spiro atoms. The SMILES string of the molecule is CC[C@H](N)c1ccc(OCc2csc(C)n2)cc1. The fourth-order valence-electron chi connectivity index (χ4n) is 1.68. The fourth-order valence-corrected chi connectivity index (χ4v) is 2.28. The number of rotatable bonds is 5. The van der Waals surface area contributed by atoms with Gasteiger partial charge in [0.2, 0.25) is 0 Å². The standard InChI is InChI=1S/C14H18N2OS/c1-3-14(15)11-4-6-13(7-5-11)17-8-12-9-18-10(2)16-12/h4-7,9,14H,3,8,15H2,1-2H3/t14-/m0/s1. The zero-order valence-electron chi connectivity index (χ0n) is 10.7. The molecule has 1 aromatic heterocycles. The van der Waals surface area contributed by atoms with Crippen molar-refractivity contribution in [3.8, 4) is 5.75 Å². The van der Waals surface area contributed by atoms with E-state index in [-0.39, 0.29) is 6.04 Å². The Morgan fingerprint density at radius 1 is 1.33 bits per heavy atom. The highest BCUT2D eigenvalue weighted by Gasteiger charge is 2.04. The Morgan fingerprint density at radius 3 is 2.61 bits per heavy atom. The van der Waals surface area contributed by atoms with Gasteiger partial charge in [-0.3, -0.25) is 0 Å². The smallest absolute Gasteiger partial charge is 0.131 e. The summed E-state index contributed by atoms with van der Waals surface area (Å²) in [6.07, 6.45) is 0.943. The van der Waals surface area contributed by atoms with E-state index >= 15 is 0 Å². The first-order valence-electron chi connectivity index (χ1n) is 6.08. The van der Waals surface area contributed by atoms with Gasteiger partial charge in [0.1, 0.15) is 12.4 Å². The Kier molecular flexibility index (Phi) is 4.33. The molecule has 0 aliphatic carbocycles. The lowest BCUT2D eigenvalue weighted by Gasteiger charge is -2.10. The summed E-state index contributed by atoms with van der Waals surface area (Å²) in [5, 5.41) is 3.09. The third kappa shape index (κ3) is 3.31. The van der Waals surface area contributed by atoms with Gasteiger partial charge in [0.15, 0.2) is 0 Å². The predicted octanol–water partition coefficient (Wildman–Crippen LogP) is 3.44. The van der Waals surface area contributed by atoms with Gasteiger partial charge in [0, 0.05) is 11.4 Å². The molecule has 0 saturated carbocycles. The van der Waals surface area contributed by atoms with Crippen molar-refractivity contribution in [2.45, 2.75) is 32.9 Å². The van der Waals surface area contributed by atoms with Crippen LogP contribution in [0.25, 0.3) is 0 Å². The average Bonchev–Trinajstić information content (AvgIpc) is 2.82. The number of hydrogen-bond acceptors (Lipinski definition) is 4. The molecule has 2 aromatic rings. The highest BCUT2D eigenvalue weighted by Crippen LogP contribution is 2.19. The lowest BCUT2D eigenvalue weighted by molar-refractivity contribution is 0.302. The third-order valence-electron chi connectivity index (χ3n) is 2.80. The molecule has 3 nitrogen and oxygen atoms in total. The molecule has 2 N–H and O–H groups in total. The van der Waals surface area contributed by atoms with Crippen LogP contribution in [0.15, 0.2) is 29.6 Å². The van der Waals surface area contributed by atoms with Crippen LogP contribution >= 0.6 is 11.3 Å². The molecule has 18 heavy (non-hydrogen) atoms. The summed E-state index contributed by atoms with van der Waals surface area (Å²) >= 11 is 1.64. The van der Waals surface area contributed by atoms with Gasteiger partial charge in [-0.1, -0.05) is 19.1 Å². The molecule has 0 unspecified atom stereocenters. The molecule has 1 heterocycles. The number of nitrogens with two attached hydrogens (primary N) is 1. The maximum Gasteiger partial charge on any atom is 0.131 e. The van der Waals surface area contributed by atoms with E-state index in [9.17, 15) is 0 Å². The van der Waals surface area contributed by atoms with Crippen LogP contribution in [0.2, 0.25) is 0 Å². The number of ether oxygens (including phenoxy) is 1. The summed E-state index contributed by atoms with van der Waals surface area (Å²) in [5.41, 5.74) is 8.09. The maximum atomic E-state index is 5.96. The molecular formula is C14H18N2OS. The van der Waals surface area contributed by atoms with E-state index < -0.39 is 0 Å². The zero-order chi connectivity index (χ0) is 13.0. The largest absolute Gasteiger partial charge is 0.487 e. The number of hydrogen-bond donors (Lipinski definition) is 1. The van der Waals surface area contributed by atoms with Crippen molar-refractivity contribution in [1.82, 2.24) is 4.98 Å². The van der Waals surface area contributed by atoms with Gasteiger partial charge in [-0.25, -0.2) is 4.98 Å². The highest BCUT2D eigenvalue weighted by atomic mass is 32.1. The second kappa shape index (κ2) is 5.98. The van der Waals surface area contributed by atoms with E-state index in [1.807, 2.05) is 36.6 Å². The van der Waals surface area contributed by atoms with Gasteiger partial charge in [-0.15, -0.1) is 11.3 Å². The lowest BCUT2D eigenvalue weighted by atomic mass is 10.1. The topological polar surface area (TPSA) is 48.1 Å². The van der Waals surface area contributed by atoms with Gasteiger partial charge in [-0.05, 0) is 31.0 Å². The maximum absolute atomic E-state index is 5.96. The molecule has 2 rings (SSSR count). The van der Waals surface area contributed by atoms with Crippen molar-refractivity contribution in [3.63, 3.8) is 0 Å². The van der Waals surface area contributed by atoms with E-state index in [2.05, 4.69) is 11.9 Å². The summed E-state index contributed by atoms with van der Waals surface area (Å²) in [6, 6.07) is 8.08. The molecule has 0 bridgehead atoms. The summed E-state index contributed by atoms with van der Waals surface area (Å²) < 4.78 is 5.68. The number of benzene rings is 1.